The lowest BCUT2D eigenvalue weighted by Crippen LogP contribution is -2.28. The number of amides is 1. The maximum atomic E-state index is 13.2. The Morgan fingerprint density at radius 1 is 1.15 bits per heavy atom. The third kappa shape index (κ3) is 5.69. The van der Waals surface area contributed by atoms with Crippen molar-refractivity contribution in [2.75, 3.05) is 0 Å². The molecular formula is C26H24BrN3O3S. The number of phenolic OH excluding ortho intramolecular Hbond substituents is 1. The van der Waals surface area contributed by atoms with Crippen molar-refractivity contribution in [3.05, 3.63) is 92.7 Å². The summed E-state index contributed by atoms with van der Waals surface area (Å²) in [6.07, 6.45) is 4.88. The lowest BCUT2D eigenvalue weighted by molar-refractivity contribution is -0.122. The van der Waals surface area contributed by atoms with Gasteiger partial charge in [-0.15, -0.1) is 5.10 Å². The van der Waals surface area contributed by atoms with Gasteiger partial charge in [0.05, 0.1) is 23.9 Å². The number of nitrogens with zero attached hydrogens (tertiary/aromatic N) is 3. The van der Waals surface area contributed by atoms with Gasteiger partial charge in [0.2, 0.25) is 0 Å². The number of carbonyl (C=O) groups is 1. The van der Waals surface area contributed by atoms with E-state index in [0.717, 1.165) is 10.0 Å². The predicted octanol–water partition coefficient (Wildman–Crippen LogP) is 6.55. The minimum absolute atomic E-state index is 0.0780. The van der Waals surface area contributed by atoms with Gasteiger partial charge in [0, 0.05) is 10.0 Å². The summed E-state index contributed by atoms with van der Waals surface area (Å²) in [6, 6.07) is 16.8. The van der Waals surface area contributed by atoms with Crippen LogP contribution in [-0.4, -0.2) is 27.3 Å². The van der Waals surface area contributed by atoms with Gasteiger partial charge in [-0.3, -0.25) is 9.69 Å². The quantitative estimate of drug-likeness (QED) is 0.227. The lowest BCUT2D eigenvalue weighted by atomic mass is 9.87. The Kier molecular flexibility index (Phi) is 7.09. The number of rotatable bonds is 5. The molecular weight excluding hydrogens is 514 g/mol. The van der Waals surface area contributed by atoms with E-state index in [9.17, 15) is 9.90 Å². The van der Waals surface area contributed by atoms with Gasteiger partial charge in [0.15, 0.2) is 5.17 Å². The maximum Gasteiger partial charge on any atom is 0.267 e. The van der Waals surface area contributed by atoms with Crippen LogP contribution in [0.2, 0.25) is 0 Å². The van der Waals surface area contributed by atoms with E-state index in [1.165, 1.54) is 22.2 Å². The summed E-state index contributed by atoms with van der Waals surface area (Å²) in [4.78, 5) is 15.1. The maximum absolute atomic E-state index is 13.2. The summed E-state index contributed by atoms with van der Waals surface area (Å²) in [5.41, 5.74) is 2.77. The van der Waals surface area contributed by atoms with Crippen molar-refractivity contribution in [3.63, 3.8) is 0 Å². The molecule has 0 bridgehead atoms. The van der Waals surface area contributed by atoms with Gasteiger partial charge in [0.25, 0.3) is 5.91 Å². The van der Waals surface area contributed by atoms with E-state index in [1.807, 2.05) is 12.1 Å². The molecule has 8 heteroatoms. The van der Waals surface area contributed by atoms with Crippen LogP contribution < -0.4 is 0 Å². The lowest BCUT2D eigenvalue weighted by Gasteiger charge is -2.18. The topological polar surface area (TPSA) is 78.4 Å². The van der Waals surface area contributed by atoms with E-state index in [1.54, 1.807) is 48.9 Å². The van der Waals surface area contributed by atoms with Crippen LogP contribution in [0.4, 0.5) is 0 Å². The molecule has 1 aliphatic heterocycles. The van der Waals surface area contributed by atoms with Crippen molar-refractivity contribution in [2.24, 2.45) is 10.2 Å². The minimum atomic E-state index is -0.232. The minimum Gasteiger partial charge on any atom is -0.507 e. The molecule has 0 spiro atoms. The second kappa shape index (κ2) is 10.0. The number of hydrogen-bond donors (Lipinski definition) is 1. The van der Waals surface area contributed by atoms with Crippen molar-refractivity contribution in [1.29, 1.82) is 0 Å². The van der Waals surface area contributed by atoms with Gasteiger partial charge in [-0.1, -0.05) is 61.0 Å². The van der Waals surface area contributed by atoms with Crippen LogP contribution in [-0.2, 0) is 16.8 Å². The zero-order valence-electron chi connectivity index (χ0n) is 19.0. The number of halogens is 1. The van der Waals surface area contributed by atoms with Crippen LogP contribution in [0, 0.1) is 0 Å². The molecule has 1 saturated heterocycles. The van der Waals surface area contributed by atoms with Crippen molar-refractivity contribution < 1.29 is 14.3 Å². The summed E-state index contributed by atoms with van der Waals surface area (Å²) >= 11 is 4.60. The molecule has 0 saturated carbocycles. The number of aromatic hydroxyl groups is 1. The highest BCUT2D eigenvalue weighted by molar-refractivity contribution is 9.10. The molecule has 1 fully saturated rings. The average Bonchev–Trinajstić information content (AvgIpc) is 3.40. The first-order valence-corrected chi connectivity index (χ1v) is 12.3. The number of hydrogen-bond acceptors (Lipinski definition) is 6. The zero-order valence-corrected chi connectivity index (χ0v) is 21.4. The third-order valence-electron chi connectivity index (χ3n) is 5.19. The molecule has 34 heavy (non-hydrogen) atoms. The van der Waals surface area contributed by atoms with Crippen molar-refractivity contribution >= 4 is 51.1 Å². The fraction of sp³-hybridized carbons (Fsp3) is 0.192. The van der Waals surface area contributed by atoms with E-state index in [4.69, 9.17) is 4.42 Å². The highest BCUT2D eigenvalue weighted by Crippen LogP contribution is 2.35. The van der Waals surface area contributed by atoms with Crippen LogP contribution >= 0.6 is 27.7 Å². The van der Waals surface area contributed by atoms with Gasteiger partial charge in [-0.25, -0.2) is 0 Å². The Morgan fingerprint density at radius 3 is 2.59 bits per heavy atom. The number of phenols is 1. The van der Waals surface area contributed by atoms with E-state index in [2.05, 4.69) is 59.0 Å². The van der Waals surface area contributed by atoms with Crippen molar-refractivity contribution in [1.82, 2.24) is 4.90 Å². The molecule has 1 aliphatic rings. The van der Waals surface area contributed by atoms with Gasteiger partial charge < -0.3 is 9.52 Å². The second-order valence-corrected chi connectivity index (χ2v) is 10.7. The fourth-order valence-electron chi connectivity index (χ4n) is 3.28. The molecule has 1 amide bonds. The molecule has 2 heterocycles. The molecule has 1 N–H and O–H groups in total. The first kappa shape index (κ1) is 24.0. The highest BCUT2D eigenvalue weighted by atomic mass is 79.9. The Bertz CT molecular complexity index is 1270. The molecule has 0 atom stereocenters. The van der Waals surface area contributed by atoms with Gasteiger partial charge in [-0.2, -0.15) is 5.10 Å². The SMILES string of the molecule is CC(C)(C)c1ccc(/C=N\N=C2\S/C(=C\c3cc(Br)ccc3O)C(=O)N2Cc2ccco2)cc1. The summed E-state index contributed by atoms with van der Waals surface area (Å²) in [6.45, 7) is 6.74. The summed E-state index contributed by atoms with van der Waals surface area (Å²) in [5.74, 6) is 0.489. The van der Waals surface area contributed by atoms with E-state index in [-0.39, 0.29) is 23.6 Å². The largest absolute Gasteiger partial charge is 0.507 e. The monoisotopic (exact) mass is 537 g/mol. The molecule has 0 aliphatic carbocycles. The Balaban J connectivity index is 1.61. The molecule has 4 rings (SSSR count). The summed E-state index contributed by atoms with van der Waals surface area (Å²) < 4.78 is 6.23. The number of benzene rings is 2. The van der Waals surface area contributed by atoms with Gasteiger partial charge >= 0.3 is 0 Å². The number of carbonyl (C=O) groups excluding carboxylic acids is 1. The average molecular weight is 538 g/mol. The number of amidine groups is 1. The van der Waals surface area contributed by atoms with Crippen LogP contribution in [0.25, 0.3) is 6.08 Å². The first-order chi connectivity index (χ1) is 16.2. The Hall–Kier alpha value is -3.10. The van der Waals surface area contributed by atoms with Crippen LogP contribution in [0.1, 0.15) is 43.2 Å². The molecule has 3 aromatic rings. The second-order valence-electron chi connectivity index (χ2n) is 8.78. The molecule has 174 valence electrons. The zero-order chi connectivity index (χ0) is 24.3. The summed E-state index contributed by atoms with van der Waals surface area (Å²) in [7, 11) is 0. The van der Waals surface area contributed by atoms with E-state index < -0.39 is 0 Å². The standard InChI is InChI=1S/C26H24BrN3O3S/c1-26(2,3)19-8-6-17(7-9-19)15-28-29-25-30(16-21-5-4-12-33-21)24(32)23(34-25)14-18-13-20(27)10-11-22(18)31/h4-15,31H,16H2,1-3H3/b23-14-,28-15-,29-25+. The molecule has 0 unspecified atom stereocenters. The van der Waals surface area contributed by atoms with Gasteiger partial charge in [-0.05, 0) is 64.7 Å². The Morgan fingerprint density at radius 2 is 1.91 bits per heavy atom. The van der Waals surface area contributed by atoms with Crippen LogP contribution in [0.15, 0.2) is 84.9 Å². The van der Waals surface area contributed by atoms with Crippen LogP contribution in [0.3, 0.4) is 0 Å². The van der Waals surface area contributed by atoms with E-state index in [0.29, 0.717) is 21.4 Å². The van der Waals surface area contributed by atoms with Crippen LogP contribution in [0.5, 0.6) is 5.75 Å². The smallest absolute Gasteiger partial charge is 0.267 e. The third-order valence-corrected chi connectivity index (χ3v) is 6.68. The Labute approximate surface area is 211 Å². The highest BCUT2D eigenvalue weighted by Gasteiger charge is 2.34. The van der Waals surface area contributed by atoms with Crippen molar-refractivity contribution in [2.45, 2.75) is 32.7 Å². The van der Waals surface area contributed by atoms with E-state index >= 15 is 0 Å². The predicted molar refractivity (Wildman–Crippen MR) is 141 cm³/mol. The first-order valence-electron chi connectivity index (χ1n) is 10.6. The number of furan rings is 1. The normalized spacial score (nSPS) is 16.9. The molecule has 6 nitrogen and oxygen atoms in total. The number of thioether (sulfide) groups is 1. The summed E-state index contributed by atoms with van der Waals surface area (Å²) in [5, 5.41) is 19.2. The van der Waals surface area contributed by atoms with Gasteiger partial charge in [0.1, 0.15) is 11.5 Å². The van der Waals surface area contributed by atoms with Crippen molar-refractivity contribution in [3.8, 4) is 5.75 Å². The molecule has 0 radical (unpaired) electrons. The fourth-order valence-corrected chi connectivity index (χ4v) is 4.58. The molecule has 1 aromatic heterocycles. The molecule has 2 aromatic carbocycles.